The summed E-state index contributed by atoms with van der Waals surface area (Å²) >= 11 is 0. The number of nitrogens with two attached hydrogens (primary N) is 1. The first-order valence-corrected chi connectivity index (χ1v) is 6.76. The summed E-state index contributed by atoms with van der Waals surface area (Å²) in [6.07, 6.45) is 1.06. The number of hydrogen-bond acceptors (Lipinski definition) is 6. The first kappa shape index (κ1) is 14.9. The quantitative estimate of drug-likeness (QED) is 0.475. The summed E-state index contributed by atoms with van der Waals surface area (Å²) in [6, 6.07) is 5.40. The number of hydrazine groups is 1. The molecule has 0 aliphatic rings. The monoisotopic (exact) mass is 290 g/mol. The molecule has 21 heavy (non-hydrogen) atoms. The van der Waals surface area contributed by atoms with E-state index in [4.69, 9.17) is 5.84 Å². The Morgan fingerprint density at radius 2 is 2.14 bits per heavy atom. The van der Waals surface area contributed by atoms with Crippen molar-refractivity contribution in [2.24, 2.45) is 5.84 Å². The SMILES string of the molecule is CCc1nn(Cc2cccc(NN)n2)c(CC)c1[N+](=O)[O-]. The number of aromatic nitrogens is 3. The van der Waals surface area contributed by atoms with Crippen LogP contribution in [-0.4, -0.2) is 19.7 Å². The van der Waals surface area contributed by atoms with Crippen LogP contribution in [0.25, 0.3) is 0 Å². The van der Waals surface area contributed by atoms with Gasteiger partial charge in [-0.25, -0.2) is 10.8 Å². The first-order chi connectivity index (χ1) is 10.1. The van der Waals surface area contributed by atoms with E-state index in [2.05, 4.69) is 15.5 Å². The van der Waals surface area contributed by atoms with Crippen LogP contribution in [0.5, 0.6) is 0 Å². The Morgan fingerprint density at radius 3 is 2.71 bits per heavy atom. The molecule has 0 bridgehead atoms. The highest BCUT2D eigenvalue weighted by atomic mass is 16.6. The van der Waals surface area contributed by atoms with Gasteiger partial charge in [0.15, 0.2) is 0 Å². The fourth-order valence-electron chi connectivity index (χ4n) is 2.27. The zero-order valence-electron chi connectivity index (χ0n) is 12.0. The van der Waals surface area contributed by atoms with Gasteiger partial charge >= 0.3 is 5.69 Å². The average Bonchev–Trinajstić information content (AvgIpc) is 2.85. The number of nitrogens with one attached hydrogen (secondary N) is 1. The van der Waals surface area contributed by atoms with Gasteiger partial charge in [-0.1, -0.05) is 19.9 Å². The Labute approximate surface area is 122 Å². The molecule has 2 aromatic rings. The van der Waals surface area contributed by atoms with Gasteiger partial charge in [0.25, 0.3) is 0 Å². The van der Waals surface area contributed by atoms with Gasteiger partial charge in [0.05, 0.1) is 17.2 Å². The molecule has 0 unspecified atom stereocenters. The second-order valence-electron chi connectivity index (χ2n) is 4.52. The van der Waals surface area contributed by atoms with Gasteiger partial charge in [0, 0.05) is 0 Å². The fourth-order valence-corrected chi connectivity index (χ4v) is 2.27. The minimum absolute atomic E-state index is 0.119. The van der Waals surface area contributed by atoms with Crippen molar-refractivity contribution in [2.45, 2.75) is 33.2 Å². The van der Waals surface area contributed by atoms with Crippen molar-refractivity contribution in [3.8, 4) is 0 Å². The van der Waals surface area contributed by atoms with Crippen molar-refractivity contribution in [3.05, 3.63) is 45.4 Å². The number of nitrogen functional groups attached to an aromatic ring is 1. The first-order valence-electron chi connectivity index (χ1n) is 6.76. The Bertz CT molecular complexity index is 652. The highest BCUT2D eigenvalue weighted by molar-refractivity contribution is 5.42. The number of nitro groups is 1. The van der Waals surface area contributed by atoms with E-state index in [1.54, 1.807) is 10.7 Å². The largest absolute Gasteiger partial charge is 0.313 e. The number of pyridine rings is 1. The lowest BCUT2D eigenvalue weighted by Crippen LogP contribution is -2.12. The van der Waals surface area contributed by atoms with Gasteiger partial charge in [-0.2, -0.15) is 5.10 Å². The highest BCUT2D eigenvalue weighted by Gasteiger charge is 2.25. The molecule has 0 atom stereocenters. The zero-order valence-corrected chi connectivity index (χ0v) is 12.0. The van der Waals surface area contributed by atoms with Crippen LogP contribution in [0.2, 0.25) is 0 Å². The van der Waals surface area contributed by atoms with Crippen molar-refractivity contribution in [2.75, 3.05) is 5.43 Å². The summed E-state index contributed by atoms with van der Waals surface area (Å²) in [7, 11) is 0. The molecule has 0 aliphatic heterocycles. The number of hydrogen-bond donors (Lipinski definition) is 2. The molecule has 8 nitrogen and oxygen atoms in total. The molecule has 0 fully saturated rings. The van der Waals surface area contributed by atoms with Crippen LogP contribution in [0.1, 0.15) is 30.9 Å². The van der Waals surface area contributed by atoms with E-state index in [9.17, 15) is 10.1 Å². The molecule has 0 radical (unpaired) electrons. The van der Waals surface area contributed by atoms with E-state index < -0.39 is 0 Å². The topological polar surface area (TPSA) is 112 Å². The van der Waals surface area contributed by atoms with Crippen LogP contribution in [0.3, 0.4) is 0 Å². The number of nitrogens with zero attached hydrogens (tertiary/aromatic N) is 4. The summed E-state index contributed by atoms with van der Waals surface area (Å²) < 4.78 is 1.65. The molecular formula is C13H18N6O2. The number of rotatable bonds is 6. The zero-order chi connectivity index (χ0) is 15.4. The number of anilines is 1. The Morgan fingerprint density at radius 1 is 1.38 bits per heavy atom. The van der Waals surface area contributed by atoms with Crippen molar-refractivity contribution in [1.29, 1.82) is 0 Å². The van der Waals surface area contributed by atoms with Crippen LogP contribution in [0, 0.1) is 10.1 Å². The third kappa shape index (κ3) is 3.00. The second-order valence-corrected chi connectivity index (χ2v) is 4.52. The minimum atomic E-state index is -0.355. The van der Waals surface area contributed by atoms with Crippen molar-refractivity contribution in [1.82, 2.24) is 14.8 Å². The van der Waals surface area contributed by atoms with Crippen LogP contribution < -0.4 is 11.3 Å². The molecule has 0 aromatic carbocycles. The molecule has 3 N–H and O–H groups in total. The molecule has 2 aromatic heterocycles. The predicted octanol–water partition coefficient (Wildman–Crippen LogP) is 1.64. The maximum absolute atomic E-state index is 11.2. The molecule has 0 amide bonds. The van der Waals surface area contributed by atoms with Gasteiger partial charge in [-0.3, -0.25) is 14.8 Å². The Kier molecular flexibility index (Phi) is 4.49. The number of aryl methyl sites for hydroxylation is 1. The molecule has 0 spiro atoms. The van der Waals surface area contributed by atoms with Crippen molar-refractivity contribution < 1.29 is 4.92 Å². The molecule has 2 rings (SSSR count). The third-order valence-electron chi connectivity index (χ3n) is 3.22. The van der Waals surface area contributed by atoms with E-state index in [1.165, 1.54) is 0 Å². The smallest absolute Gasteiger partial charge is 0.308 e. The maximum atomic E-state index is 11.2. The van der Waals surface area contributed by atoms with Gasteiger partial charge in [0.1, 0.15) is 17.2 Å². The summed E-state index contributed by atoms with van der Waals surface area (Å²) in [5.74, 6) is 5.88. The summed E-state index contributed by atoms with van der Waals surface area (Å²) in [5, 5.41) is 15.6. The lowest BCUT2D eigenvalue weighted by molar-refractivity contribution is -0.386. The Balaban J connectivity index is 2.41. The van der Waals surface area contributed by atoms with Gasteiger partial charge in [-0.05, 0) is 25.0 Å². The molecule has 2 heterocycles. The van der Waals surface area contributed by atoms with Gasteiger partial charge in [0.2, 0.25) is 0 Å². The normalized spacial score (nSPS) is 10.6. The summed E-state index contributed by atoms with van der Waals surface area (Å²) in [4.78, 5) is 15.2. The van der Waals surface area contributed by atoms with Crippen LogP contribution in [0.4, 0.5) is 11.5 Å². The maximum Gasteiger partial charge on any atom is 0.313 e. The predicted molar refractivity (Wildman–Crippen MR) is 78.8 cm³/mol. The van der Waals surface area contributed by atoms with Crippen LogP contribution in [-0.2, 0) is 19.4 Å². The van der Waals surface area contributed by atoms with Crippen molar-refractivity contribution in [3.63, 3.8) is 0 Å². The van der Waals surface area contributed by atoms with Crippen LogP contribution >= 0.6 is 0 Å². The third-order valence-corrected chi connectivity index (χ3v) is 3.22. The fraction of sp³-hybridized carbons (Fsp3) is 0.385. The van der Waals surface area contributed by atoms with E-state index in [0.717, 1.165) is 5.69 Å². The van der Waals surface area contributed by atoms with Gasteiger partial charge < -0.3 is 5.43 Å². The molecule has 0 aliphatic carbocycles. The molecular weight excluding hydrogens is 272 g/mol. The van der Waals surface area contributed by atoms with Gasteiger partial charge in [-0.15, -0.1) is 0 Å². The second kappa shape index (κ2) is 6.31. The standard InChI is InChI=1S/C13H18N6O2/c1-3-10-13(19(20)21)11(4-2)18(17-10)8-9-6-5-7-12(15-9)16-14/h5-7H,3-4,8,14H2,1-2H3,(H,15,16). The molecule has 8 heteroatoms. The molecule has 0 saturated heterocycles. The average molecular weight is 290 g/mol. The van der Waals surface area contributed by atoms with Crippen molar-refractivity contribution >= 4 is 11.5 Å². The molecule has 0 saturated carbocycles. The lowest BCUT2D eigenvalue weighted by Gasteiger charge is -2.06. The van der Waals surface area contributed by atoms with E-state index in [-0.39, 0.29) is 10.6 Å². The highest BCUT2D eigenvalue weighted by Crippen LogP contribution is 2.25. The van der Waals surface area contributed by atoms with E-state index in [0.29, 0.717) is 36.6 Å². The Hall–Kier alpha value is -2.48. The van der Waals surface area contributed by atoms with E-state index >= 15 is 0 Å². The van der Waals surface area contributed by atoms with Crippen LogP contribution in [0.15, 0.2) is 18.2 Å². The molecule has 112 valence electrons. The lowest BCUT2D eigenvalue weighted by atomic mass is 10.2. The summed E-state index contributed by atoms with van der Waals surface area (Å²) in [6.45, 7) is 4.11. The minimum Gasteiger partial charge on any atom is -0.308 e. The van der Waals surface area contributed by atoms with E-state index in [1.807, 2.05) is 26.0 Å². The summed E-state index contributed by atoms with van der Waals surface area (Å²) in [5.41, 5.74) is 4.45.